The average molecular weight is 299 g/mol. The van der Waals surface area contributed by atoms with Gasteiger partial charge < -0.3 is 9.15 Å². The number of hydrogen-bond acceptors (Lipinski definition) is 5. The van der Waals surface area contributed by atoms with E-state index < -0.39 is 16.1 Å². The van der Waals surface area contributed by atoms with Crippen molar-refractivity contribution in [2.45, 2.75) is 17.9 Å². The first-order valence-electron chi connectivity index (χ1n) is 5.99. The third-order valence-corrected chi connectivity index (χ3v) is 4.57. The molecule has 0 aliphatic heterocycles. The van der Waals surface area contributed by atoms with E-state index in [2.05, 4.69) is 9.82 Å². The van der Waals surface area contributed by atoms with E-state index in [9.17, 15) is 8.42 Å². The Labute approximate surface area is 117 Å². The van der Waals surface area contributed by atoms with Crippen molar-refractivity contribution in [1.82, 2.24) is 14.5 Å². The third kappa shape index (κ3) is 2.92. The molecule has 2 aromatic rings. The Morgan fingerprint density at radius 3 is 2.80 bits per heavy atom. The second-order valence-electron chi connectivity index (χ2n) is 4.36. The highest BCUT2D eigenvalue weighted by Crippen LogP contribution is 2.19. The van der Waals surface area contributed by atoms with Gasteiger partial charge in [-0.2, -0.15) is 9.82 Å². The van der Waals surface area contributed by atoms with Crippen LogP contribution in [-0.4, -0.2) is 31.9 Å². The number of ether oxygens (including phenoxy) is 1. The Morgan fingerprint density at radius 2 is 2.30 bits per heavy atom. The van der Waals surface area contributed by atoms with Gasteiger partial charge in [0.2, 0.25) is 10.0 Å². The maximum absolute atomic E-state index is 12.4. The quantitative estimate of drug-likeness (QED) is 0.859. The highest BCUT2D eigenvalue weighted by molar-refractivity contribution is 7.89. The van der Waals surface area contributed by atoms with Gasteiger partial charge in [-0.15, -0.1) is 0 Å². The summed E-state index contributed by atoms with van der Waals surface area (Å²) in [6, 6.07) is 2.81. The number of aryl methyl sites for hydroxylation is 1. The van der Waals surface area contributed by atoms with Crippen LogP contribution >= 0.6 is 0 Å². The fourth-order valence-electron chi connectivity index (χ4n) is 1.82. The fourth-order valence-corrected chi connectivity index (χ4v) is 3.22. The maximum Gasteiger partial charge on any atom is 0.244 e. The Morgan fingerprint density at radius 1 is 1.55 bits per heavy atom. The van der Waals surface area contributed by atoms with Gasteiger partial charge >= 0.3 is 0 Å². The Bertz CT molecular complexity index is 661. The first kappa shape index (κ1) is 14.8. The van der Waals surface area contributed by atoms with Gasteiger partial charge in [0.05, 0.1) is 24.8 Å². The molecule has 1 unspecified atom stereocenters. The molecule has 0 aliphatic carbocycles. The van der Waals surface area contributed by atoms with E-state index in [1.54, 1.807) is 26.1 Å². The van der Waals surface area contributed by atoms with Gasteiger partial charge in [0.15, 0.2) is 0 Å². The lowest BCUT2D eigenvalue weighted by Crippen LogP contribution is -2.31. The van der Waals surface area contributed by atoms with Crippen LogP contribution in [0.4, 0.5) is 0 Å². The molecule has 0 spiro atoms. The van der Waals surface area contributed by atoms with Gasteiger partial charge in [0.25, 0.3) is 0 Å². The summed E-state index contributed by atoms with van der Waals surface area (Å²) in [4.78, 5) is 0.146. The summed E-state index contributed by atoms with van der Waals surface area (Å²) in [6.45, 7) is 1.87. The summed E-state index contributed by atoms with van der Waals surface area (Å²) < 4.78 is 39.1. The number of hydrogen-bond donors (Lipinski definition) is 1. The minimum absolute atomic E-state index is 0.146. The van der Waals surface area contributed by atoms with Crippen LogP contribution in [0.25, 0.3) is 0 Å². The number of methoxy groups -OCH3 is 1. The molecular weight excluding hydrogens is 282 g/mol. The molecule has 0 aromatic carbocycles. The molecule has 1 atom stereocenters. The van der Waals surface area contributed by atoms with Crippen LogP contribution in [0.5, 0.6) is 0 Å². The minimum atomic E-state index is -3.69. The fraction of sp³-hybridized carbons (Fsp3) is 0.417. The molecule has 0 bridgehead atoms. The van der Waals surface area contributed by atoms with Crippen LogP contribution in [0, 0.1) is 6.92 Å². The van der Waals surface area contributed by atoms with Crippen LogP contribution in [0.3, 0.4) is 0 Å². The van der Waals surface area contributed by atoms with E-state index in [0.29, 0.717) is 11.5 Å². The highest BCUT2D eigenvalue weighted by Gasteiger charge is 2.26. The Kier molecular flexibility index (Phi) is 4.26. The molecule has 2 aromatic heterocycles. The van der Waals surface area contributed by atoms with Gasteiger partial charge in [-0.25, -0.2) is 8.42 Å². The number of aromatic nitrogens is 2. The molecule has 2 rings (SSSR count). The van der Waals surface area contributed by atoms with Crippen molar-refractivity contribution in [3.8, 4) is 0 Å². The SMILES string of the molecule is COCC(NS(=O)(=O)c1cnn(C)c1C)c1ccco1. The number of furan rings is 1. The highest BCUT2D eigenvalue weighted by atomic mass is 32.2. The van der Waals surface area contributed by atoms with E-state index in [-0.39, 0.29) is 11.5 Å². The van der Waals surface area contributed by atoms with E-state index in [4.69, 9.17) is 9.15 Å². The van der Waals surface area contributed by atoms with Crippen molar-refractivity contribution in [3.63, 3.8) is 0 Å². The van der Waals surface area contributed by atoms with E-state index in [1.165, 1.54) is 24.3 Å². The molecule has 2 heterocycles. The lowest BCUT2D eigenvalue weighted by molar-refractivity contribution is 0.166. The monoisotopic (exact) mass is 299 g/mol. The van der Waals surface area contributed by atoms with Gasteiger partial charge in [0, 0.05) is 14.2 Å². The normalized spacial score (nSPS) is 13.6. The number of nitrogens with zero attached hydrogens (tertiary/aromatic N) is 2. The average Bonchev–Trinajstić information content (AvgIpc) is 3.00. The van der Waals surface area contributed by atoms with Gasteiger partial charge in [-0.1, -0.05) is 0 Å². The zero-order valence-corrected chi connectivity index (χ0v) is 12.3. The summed E-state index contributed by atoms with van der Waals surface area (Å²) >= 11 is 0. The molecule has 0 saturated carbocycles. The van der Waals surface area contributed by atoms with E-state index in [0.717, 1.165) is 0 Å². The lowest BCUT2D eigenvalue weighted by Gasteiger charge is -2.15. The van der Waals surface area contributed by atoms with Crippen LogP contribution in [-0.2, 0) is 21.8 Å². The molecule has 8 heteroatoms. The topological polar surface area (TPSA) is 86.4 Å². The molecule has 0 fully saturated rings. The minimum Gasteiger partial charge on any atom is -0.468 e. The summed E-state index contributed by atoms with van der Waals surface area (Å²) in [5, 5.41) is 3.94. The molecule has 20 heavy (non-hydrogen) atoms. The molecule has 110 valence electrons. The van der Waals surface area contributed by atoms with Crippen LogP contribution in [0.2, 0.25) is 0 Å². The number of nitrogens with one attached hydrogen (secondary N) is 1. The predicted molar refractivity (Wildman–Crippen MR) is 71.6 cm³/mol. The largest absolute Gasteiger partial charge is 0.468 e. The lowest BCUT2D eigenvalue weighted by atomic mass is 10.2. The van der Waals surface area contributed by atoms with Crippen molar-refractivity contribution >= 4 is 10.0 Å². The molecule has 1 N–H and O–H groups in total. The zero-order valence-electron chi connectivity index (χ0n) is 11.5. The first-order chi connectivity index (χ1) is 9.45. The van der Waals surface area contributed by atoms with E-state index in [1.807, 2.05) is 0 Å². The van der Waals surface area contributed by atoms with Crippen LogP contribution in [0.15, 0.2) is 33.9 Å². The summed E-state index contributed by atoms with van der Waals surface area (Å²) in [5.41, 5.74) is 0.563. The van der Waals surface area contributed by atoms with Crippen molar-refractivity contribution in [2.75, 3.05) is 13.7 Å². The first-order valence-corrected chi connectivity index (χ1v) is 7.47. The molecular formula is C12H17N3O4S. The summed E-state index contributed by atoms with van der Waals surface area (Å²) in [6.07, 6.45) is 2.81. The second-order valence-corrected chi connectivity index (χ2v) is 6.04. The Hall–Kier alpha value is -1.64. The summed E-state index contributed by atoms with van der Waals surface area (Å²) in [5.74, 6) is 0.497. The van der Waals surface area contributed by atoms with Crippen molar-refractivity contribution in [1.29, 1.82) is 0 Å². The van der Waals surface area contributed by atoms with Crippen LogP contribution < -0.4 is 4.72 Å². The zero-order chi connectivity index (χ0) is 14.8. The molecule has 0 amide bonds. The van der Waals surface area contributed by atoms with Gasteiger partial charge in [0.1, 0.15) is 16.7 Å². The van der Waals surface area contributed by atoms with Crippen molar-refractivity contribution in [3.05, 3.63) is 36.0 Å². The van der Waals surface area contributed by atoms with E-state index >= 15 is 0 Å². The molecule has 0 saturated heterocycles. The second kappa shape index (κ2) is 5.78. The Balaban J connectivity index is 2.28. The number of rotatable bonds is 6. The van der Waals surface area contributed by atoms with Crippen LogP contribution in [0.1, 0.15) is 17.5 Å². The van der Waals surface area contributed by atoms with Crippen molar-refractivity contribution < 1.29 is 17.6 Å². The summed E-state index contributed by atoms with van der Waals surface area (Å²) in [7, 11) is -0.503. The van der Waals surface area contributed by atoms with Gasteiger partial charge in [-0.3, -0.25) is 4.68 Å². The molecule has 0 aliphatic rings. The molecule has 7 nitrogen and oxygen atoms in total. The van der Waals surface area contributed by atoms with Crippen molar-refractivity contribution in [2.24, 2.45) is 7.05 Å². The van der Waals surface area contributed by atoms with Gasteiger partial charge in [-0.05, 0) is 19.1 Å². The predicted octanol–water partition coefficient (Wildman–Crippen LogP) is 0.988. The third-order valence-electron chi connectivity index (χ3n) is 3.00. The standard InChI is InChI=1S/C12H17N3O4S/c1-9-12(7-13-15(9)2)20(16,17)14-10(8-18-3)11-5-4-6-19-11/h4-7,10,14H,8H2,1-3H3. The number of sulfonamides is 1. The molecule has 0 radical (unpaired) electrons. The maximum atomic E-state index is 12.4. The smallest absolute Gasteiger partial charge is 0.244 e.